The fourth-order valence-corrected chi connectivity index (χ4v) is 3.30. The molecule has 1 amide bonds. The van der Waals surface area contributed by atoms with E-state index in [1.54, 1.807) is 13.3 Å². The number of rotatable bonds is 7. The van der Waals surface area contributed by atoms with Gasteiger partial charge in [0.05, 0.1) is 25.1 Å². The number of methoxy groups -OCH3 is 1. The number of ether oxygens (including phenoxy) is 1. The lowest BCUT2D eigenvalue weighted by Crippen LogP contribution is -2.19. The highest BCUT2D eigenvalue weighted by Crippen LogP contribution is 2.21. The number of thioether (sulfide) groups is 1. The molecule has 136 valence electrons. The molecule has 6 nitrogen and oxygen atoms in total. The summed E-state index contributed by atoms with van der Waals surface area (Å²) < 4.78 is 6.97. The average molecular weight is 378 g/mol. The summed E-state index contributed by atoms with van der Waals surface area (Å²) in [5, 5.41) is 14.0. The van der Waals surface area contributed by atoms with Crippen LogP contribution in [0, 0.1) is 11.3 Å². The van der Waals surface area contributed by atoms with Crippen molar-refractivity contribution in [1.29, 1.82) is 5.26 Å². The van der Waals surface area contributed by atoms with Crippen molar-refractivity contribution >= 4 is 34.8 Å². The molecule has 2 aromatic carbocycles. The first-order valence-corrected chi connectivity index (χ1v) is 9.23. The minimum Gasteiger partial charge on any atom is -0.497 e. The molecule has 3 aromatic rings. The maximum absolute atomic E-state index is 12.0. The van der Waals surface area contributed by atoms with E-state index in [9.17, 15) is 4.79 Å². The molecule has 0 aliphatic heterocycles. The minimum atomic E-state index is -0.187. The van der Waals surface area contributed by atoms with E-state index in [0.717, 1.165) is 27.1 Å². The summed E-state index contributed by atoms with van der Waals surface area (Å²) in [6.07, 6.45) is 3.46. The molecule has 1 N–H and O–H groups in total. The third-order valence-electron chi connectivity index (χ3n) is 3.88. The molecule has 7 heteroatoms. The first-order chi connectivity index (χ1) is 13.2. The second kappa shape index (κ2) is 8.92. The Balaban J connectivity index is 1.59. The Bertz CT molecular complexity index is 1000. The summed E-state index contributed by atoms with van der Waals surface area (Å²) in [6, 6.07) is 17.4. The number of nitriles is 1. The van der Waals surface area contributed by atoms with Gasteiger partial charge in [0.1, 0.15) is 12.3 Å². The van der Waals surface area contributed by atoms with Crippen molar-refractivity contribution in [3.63, 3.8) is 0 Å². The van der Waals surface area contributed by atoms with Crippen molar-refractivity contribution in [2.75, 3.05) is 12.9 Å². The molecule has 0 saturated carbocycles. The van der Waals surface area contributed by atoms with Gasteiger partial charge in [-0.2, -0.15) is 10.4 Å². The zero-order chi connectivity index (χ0) is 19.1. The van der Waals surface area contributed by atoms with Crippen molar-refractivity contribution in [3.05, 3.63) is 60.3 Å². The van der Waals surface area contributed by atoms with Crippen LogP contribution in [0.25, 0.3) is 10.9 Å². The molecule has 0 aliphatic carbocycles. The molecule has 0 saturated heterocycles. The van der Waals surface area contributed by atoms with E-state index in [2.05, 4.69) is 16.6 Å². The SMILES string of the molecule is COc1ccc(SCC(=O)N/N=C/c2cn(CC#N)c3ccccc23)cc1. The van der Waals surface area contributed by atoms with Gasteiger partial charge in [-0.25, -0.2) is 5.43 Å². The van der Waals surface area contributed by atoms with Crippen LogP contribution >= 0.6 is 11.8 Å². The van der Waals surface area contributed by atoms with Crippen molar-refractivity contribution in [1.82, 2.24) is 9.99 Å². The number of benzene rings is 2. The second-order valence-corrected chi connectivity index (χ2v) is 6.69. The van der Waals surface area contributed by atoms with Gasteiger partial charge in [-0.3, -0.25) is 4.79 Å². The highest BCUT2D eigenvalue weighted by atomic mass is 32.2. The van der Waals surface area contributed by atoms with Crippen molar-refractivity contribution < 1.29 is 9.53 Å². The number of nitrogens with zero attached hydrogens (tertiary/aromatic N) is 3. The Morgan fingerprint density at radius 3 is 2.81 bits per heavy atom. The minimum absolute atomic E-state index is 0.187. The Morgan fingerprint density at radius 1 is 1.30 bits per heavy atom. The number of hydrazone groups is 1. The molecule has 0 bridgehead atoms. The average Bonchev–Trinajstić information content (AvgIpc) is 3.05. The highest BCUT2D eigenvalue weighted by Gasteiger charge is 2.06. The highest BCUT2D eigenvalue weighted by molar-refractivity contribution is 8.00. The molecule has 1 aromatic heterocycles. The van der Waals surface area contributed by atoms with Crippen LogP contribution in [0.2, 0.25) is 0 Å². The molecular weight excluding hydrogens is 360 g/mol. The number of carbonyl (C=O) groups excluding carboxylic acids is 1. The maximum atomic E-state index is 12.0. The standard InChI is InChI=1S/C20H18N4O2S/c1-26-16-6-8-17(9-7-16)27-14-20(25)23-22-12-15-13-24(11-10-21)19-5-3-2-4-18(15)19/h2-9,12-13H,11,14H2,1H3,(H,23,25)/b22-12+. The summed E-state index contributed by atoms with van der Waals surface area (Å²) in [5.74, 6) is 0.858. The number of fused-ring (bicyclic) bond motifs is 1. The zero-order valence-corrected chi connectivity index (χ0v) is 15.6. The molecule has 0 spiro atoms. The van der Waals surface area contributed by atoms with Gasteiger partial charge in [0, 0.05) is 27.6 Å². The van der Waals surface area contributed by atoms with E-state index in [-0.39, 0.29) is 18.2 Å². The van der Waals surface area contributed by atoms with Gasteiger partial charge in [0.2, 0.25) is 5.91 Å². The maximum Gasteiger partial charge on any atom is 0.250 e. The lowest BCUT2D eigenvalue weighted by Gasteiger charge is -2.02. The van der Waals surface area contributed by atoms with Gasteiger partial charge in [0.15, 0.2) is 0 Å². The van der Waals surface area contributed by atoms with Gasteiger partial charge in [-0.05, 0) is 30.3 Å². The van der Waals surface area contributed by atoms with Crippen LogP contribution in [-0.2, 0) is 11.3 Å². The number of hydrogen-bond donors (Lipinski definition) is 1. The molecular formula is C20H18N4O2S. The molecule has 27 heavy (non-hydrogen) atoms. The quantitative estimate of drug-likeness (QED) is 0.388. The van der Waals surface area contributed by atoms with E-state index >= 15 is 0 Å². The second-order valence-electron chi connectivity index (χ2n) is 5.64. The van der Waals surface area contributed by atoms with E-state index < -0.39 is 0 Å². The van der Waals surface area contributed by atoms with Gasteiger partial charge < -0.3 is 9.30 Å². The van der Waals surface area contributed by atoms with Gasteiger partial charge >= 0.3 is 0 Å². The predicted molar refractivity (Wildman–Crippen MR) is 107 cm³/mol. The third kappa shape index (κ3) is 4.68. The first kappa shape index (κ1) is 18.5. The third-order valence-corrected chi connectivity index (χ3v) is 4.89. The van der Waals surface area contributed by atoms with E-state index in [1.807, 2.05) is 59.3 Å². The molecule has 0 atom stereocenters. The van der Waals surface area contributed by atoms with Crippen LogP contribution in [0.3, 0.4) is 0 Å². The van der Waals surface area contributed by atoms with E-state index in [0.29, 0.717) is 0 Å². The Kier molecular flexibility index (Phi) is 6.13. The normalized spacial score (nSPS) is 10.8. The molecule has 0 fully saturated rings. The number of nitrogens with one attached hydrogen (secondary N) is 1. The van der Waals surface area contributed by atoms with Crippen molar-refractivity contribution in [2.24, 2.45) is 5.10 Å². The lowest BCUT2D eigenvalue weighted by molar-refractivity contribution is -0.118. The summed E-state index contributed by atoms with van der Waals surface area (Å²) in [5.41, 5.74) is 4.35. The van der Waals surface area contributed by atoms with Gasteiger partial charge in [-0.1, -0.05) is 18.2 Å². The Hall–Kier alpha value is -3.24. The molecule has 1 heterocycles. The van der Waals surface area contributed by atoms with Crippen molar-refractivity contribution in [3.8, 4) is 11.8 Å². The van der Waals surface area contributed by atoms with Crippen LogP contribution < -0.4 is 10.2 Å². The summed E-state index contributed by atoms with van der Waals surface area (Å²) >= 11 is 1.43. The Morgan fingerprint density at radius 2 is 2.07 bits per heavy atom. The summed E-state index contributed by atoms with van der Waals surface area (Å²) in [4.78, 5) is 13.0. The zero-order valence-electron chi connectivity index (χ0n) is 14.8. The monoisotopic (exact) mass is 378 g/mol. The number of para-hydroxylation sites is 1. The topological polar surface area (TPSA) is 79.4 Å². The molecule has 0 aliphatic rings. The van der Waals surface area contributed by atoms with Gasteiger partial charge in [0.25, 0.3) is 0 Å². The molecule has 0 unspecified atom stereocenters. The van der Waals surface area contributed by atoms with E-state index in [1.165, 1.54) is 11.8 Å². The number of carbonyl (C=O) groups is 1. The Labute approximate surface area is 161 Å². The summed E-state index contributed by atoms with van der Waals surface area (Å²) in [7, 11) is 1.62. The van der Waals surface area contributed by atoms with Crippen LogP contribution in [0.15, 0.2) is 64.7 Å². The van der Waals surface area contributed by atoms with E-state index in [4.69, 9.17) is 10.00 Å². The molecule has 3 rings (SSSR count). The number of aromatic nitrogens is 1. The predicted octanol–water partition coefficient (Wildman–Crippen LogP) is 3.42. The van der Waals surface area contributed by atoms with Crippen molar-refractivity contribution in [2.45, 2.75) is 11.4 Å². The largest absolute Gasteiger partial charge is 0.497 e. The number of amides is 1. The summed E-state index contributed by atoms with van der Waals surface area (Å²) in [6.45, 7) is 0.263. The molecule has 0 radical (unpaired) electrons. The first-order valence-electron chi connectivity index (χ1n) is 8.25. The van der Waals surface area contributed by atoms with Crippen LogP contribution in [0.1, 0.15) is 5.56 Å². The fraction of sp³-hybridized carbons (Fsp3) is 0.150. The van der Waals surface area contributed by atoms with Crippen LogP contribution in [0.4, 0.5) is 0 Å². The smallest absolute Gasteiger partial charge is 0.250 e. The van der Waals surface area contributed by atoms with Crippen LogP contribution in [-0.4, -0.2) is 29.6 Å². The number of hydrogen-bond acceptors (Lipinski definition) is 5. The fourth-order valence-electron chi connectivity index (χ4n) is 2.61. The van der Waals surface area contributed by atoms with Gasteiger partial charge in [-0.15, -0.1) is 11.8 Å². The lowest BCUT2D eigenvalue weighted by atomic mass is 10.2. The van der Waals surface area contributed by atoms with Crippen LogP contribution in [0.5, 0.6) is 5.75 Å².